The van der Waals surface area contributed by atoms with Gasteiger partial charge in [0.15, 0.2) is 0 Å². The van der Waals surface area contributed by atoms with Crippen LogP contribution in [0.4, 0.5) is 0 Å². The van der Waals surface area contributed by atoms with Crippen LogP contribution in [0.15, 0.2) is 0 Å². The van der Waals surface area contributed by atoms with E-state index in [1.165, 1.54) is 17.7 Å². The number of nitrogens with one attached hydrogen (secondary N) is 1. The van der Waals surface area contributed by atoms with Gasteiger partial charge in [0, 0.05) is 31.2 Å². The molecule has 2 heterocycles. The molecule has 3 rings (SSSR count). The van der Waals surface area contributed by atoms with Crippen LogP contribution in [0.5, 0.6) is 0 Å². The first kappa shape index (κ1) is 15.0. The molecule has 3 aliphatic rings. The summed E-state index contributed by atoms with van der Waals surface area (Å²) in [6, 6.07) is 0.943. The van der Waals surface area contributed by atoms with Gasteiger partial charge in [-0.15, -0.1) is 0 Å². The Bertz CT molecular complexity index is 418. The van der Waals surface area contributed by atoms with Gasteiger partial charge in [0.2, 0.25) is 11.8 Å². The molecule has 1 N–H and O–H groups in total. The third-order valence-corrected chi connectivity index (χ3v) is 5.21. The Morgan fingerprint density at radius 2 is 1.90 bits per heavy atom. The minimum atomic E-state index is -0.290. The second-order valence-corrected chi connectivity index (χ2v) is 6.71. The fraction of sp³-hybridized carbons (Fsp3) is 0.875. The van der Waals surface area contributed by atoms with Gasteiger partial charge in [0.1, 0.15) is 0 Å². The van der Waals surface area contributed by atoms with Crippen LogP contribution in [-0.2, 0) is 9.59 Å². The Labute approximate surface area is 127 Å². The second kappa shape index (κ2) is 6.05. The van der Waals surface area contributed by atoms with Gasteiger partial charge in [0.05, 0.1) is 12.5 Å². The Morgan fingerprint density at radius 1 is 1.19 bits per heavy atom. The lowest BCUT2D eigenvalue weighted by Crippen LogP contribution is -2.47. The van der Waals surface area contributed by atoms with E-state index in [9.17, 15) is 9.59 Å². The zero-order valence-electron chi connectivity index (χ0n) is 13.2. The molecule has 118 valence electrons. The van der Waals surface area contributed by atoms with Crippen molar-refractivity contribution in [1.82, 2.24) is 15.1 Å². The number of nitrogens with zero attached hydrogens (tertiary/aromatic N) is 2. The maximum atomic E-state index is 12.5. The topological polar surface area (TPSA) is 52.7 Å². The highest BCUT2D eigenvalue weighted by Crippen LogP contribution is 2.30. The number of carbonyl (C=O) groups is 2. The van der Waals surface area contributed by atoms with Gasteiger partial charge in [-0.1, -0.05) is 13.8 Å². The Balaban J connectivity index is 1.57. The first-order chi connectivity index (χ1) is 10.1. The molecule has 1 aliphatic carbocycles. The normalized spacial score (nSPS) is 30.9. The largest absolute Gasteiger partial charge is 0.301 e. The molecular weight excluding hydrogens is 266 g/mol. The zero-order chi connectivity index (χ0) is 15.0. The molecule has 2 unspecified atom stereocenters. The number of hydrogen-bond acceptors (Lipinski definition) is 4. The van der Waals surface area contributed by atoms with Gasteiger partial charge in [-0.3, -0.25) is 19.4 Å². The van der Waals surface area contributed by atoms with Gasteiger partial charge < -0.3 is 5.32 Å². The van der Waals surface area contributed by atoms with Crippen LogP contribution in [-0.4, -0.2) is 58.9 Å². The summed E-state index contributed by atoms with van der Waals surface area (Å²) >= 11 is 0. The van der Waals surface area contributed by atoms with Crippen LogP contribution in [0.1, 0.15) is 52.4 Å². The first-order valence-electron chi connectivity index (χ1n) is 8.50. The minimum Gasteiger partial charge on any atom is -0.301 e. The van der Waals surface area contributed by atoms with E-state index in [0.717, 1.165) is 38.4 Å². The Hall–Kier alpha value is -0.940. The predicted molar refractivity (Wildman–Crippen MR) is 80.8 cm³/mol. The highest BCUT2D eigenvalue weighted by Gasteiger charge is 2.43. The van der Waals surface area contributed by atoms with Crippen molar-refractivity contribution in [2.75, 3.05) is 13.1 Å². The van der Waals surface area contributed by atoms with Crippen LogP contribution in [0, 0.1) is 0 Å². The predicted octanol–water partition coefficient (Wildman–Crippen LogP) is 1.13. The first-order valence-corrected chi connectivity index (χ1v) is 8.50. The average Bonchev–Trinajstić information content (AvgIpc) is 3.16. The Kier molecular flexibility index (Phi) is 4.31. The fourth-order valence-electron chi connectivity index (χ4n) is 3.80. The smallest absolute Gasteiger partial charge is 0.247 e. The molecule has 5 heteroatoms. The maximum Gasteiger partial charge on any atom is 0.247 e. The zero-order valence-corrected chi connectivity index (χ0v) is 13.2. The van der Waals surface area contributed by atoms with Crippen LogP contribution >= 0.6 is 0 Å². The van der Waals surface area contributed by atoms with E-state index < -0.39 is 0 Å². The van der Waals surface area contributed by atoms with E-state index >= 15 is 0 Å². The van der Waals surface area contributed by atoms with Crippen LogP contribution < -0.4 is 5.32 Å². The molecular formula is C16H27N3O2. The highest BCUT2D eigenvalue weighted by molar-refractivity contribution is 6.05. The summed E-state index contributed by atoms with van der Waals surface area (Å²) in [6.45, 7) is 6.25. The summed E-state index contributed by atoms with van der Waals surface area (Å²) in [4.78, 5) is 28.7. The van der Waals surface area contributed by atoms with Crippen LogP contribution in [0.2, 0.25) is 0 Å². The van der Waals surface area contributed by atoms with Crippen molar-refractivity contribution >= 4 is 11.8 Å². The summed E-state index contributed by atoms with van der Waals surface area (Å²) < 4.78 is 0. The third kappa shape index (κ3) is 2.99. The van der Waals surface area contributed by atoms with E-state index in [4.69, 9.17) is 0 Å². The lowest BCUT2D eigenvalue weighted by molar-refractivity contribution is -0.141. The van der Waals surface area contributed by atoms with Crippen molar-refractivity contribution in [1.29, 1.82) is 0 Å². The molecule has 0 aromatic carbocycles. The second-order valence-electron chi connectivity index (χ2n) is 6.71. The molecule has 0 aromatic rings. The number of likely N-dealkylation sites (tertiary alicyclic amines) is 2. The van der Waals surface area contributed by atoms with E-state index in [-0.39, 0.29) is 23.9 Å². The van der Waals surface area contributed by atoms with Crippen molar-refractivity contribution in [3.8, 4) is 0 Å². The molecule has 0 aromatic heterocycles. The van der Waals surface area contributed by atoms with Crippen LogP contribution in [0.3, 0.4) is 0 Å². The van der Waals surface area contributed by atoms with Crippen molar-refractivity contribution in [3.05, 3.63) is 0 Å². The van der Waals surface area contributed by atoms with Gasteiger partial charge >= 0.3 is 0 Å². The Morgan fingerprint density at radius 3 is 2.52 bits per heavy atom. The van der Waals surface area contributed by atoms with Gasteiger partial charge in [-0.2, -0.15) is 0 Å². The highest BCUT2D eigenvalue weighted by atomic mass is 16.2. The molecule has 2 saturated heterocycles. The lowest BCUT2D eigenvalue weighted by atomic mass is 10.1. The molecule has 5 nitrogen and oxygen atoms in total. The average molecular weight is 293 g/mol. The number of imide groups is 1. The molecule has 0 bridgehead atoms. The molecule has 3 fully saturated rings. The van der Waals surface area contributed by atoms with E-state index in [1.54, 1.807) is 0 Å². The van der Waals surface area contributed by atoms with E-state index in [2.05, 4.69) is 10.2 Å². The summed E-state index contributed by atoms with van der Waals surface area (Å²) in [5.74, 6) is 0.00168. The van der Waals surface area contributed by atoms with E-state index in [1.807, 2.05) is 13.8 Å². The van der Waals surface area contributed by atoms with Gasteiger partial charge in [0.25, 0.3) is 0 Å². The maximum absolute atomic E-state index is 12.5. The van der Waals surface area contributed by atoms with Crippen molar-refractivity contribution < 1.29 is 9.59 Å². The summed E-state index contributed by atoms with van der Waals surface area (Å²) in [5, 5.41) is 3.45. The standard InChI is InChI=1S/C16H27N3O2/c1-3-12(4-2)19-15(20)9-14(16(19)21)17-11-7-8-18(10-11)13-5-6-13/h11-14,17H,3-10H2,1-2H3. The quantitative estimate of drug-likeness (QED) is 0.746. The summed E-state index contributed by atoms with van der Waals surface area (Å²) in [7, 11) is 0. The molecule has 21 heavy (non-hydrogen) atoms. The van der Waals surface area contributed by atoms with Crippen molar-refractivity contribution in [3.63, 3.8) is 0 Å². The number of hydrogen-bond donors (Lipinski definition) is 1. The molecule has 0 radical (unpaired) electrons. The minimum absolute atomic E-state index is 0.00132. The third-order valence-electron chi connectivity index (χ3n) is 5.21. The number of amides is 2. The molecule has 2 aliphatic heterocycles. The molecule has 0 spiro atoms. The van der Waals surface area contributed by atoms with Crippen LogP contribution in [0.25, 0.3) is 0 Å². The lowest BCUT2D eigenvalue weighted by Gasteiger charge is -2.25. The monoisotopic (exact) mass is 293 g/mol. The number of rotatable bonds is 6. The molecule has 1 saturated carbocycles. The number of carbonyl (C=O) groups excluding carboxylic acids is 2. The van der Waals surface area contributed by atoms with Crippen molar-refractivity contribution in [2.45, 2.75) is 76.5 Å². The van der Waals surface area contributed by atoms with Crippen molar-refractivity contribution in [2.24, 2.45) is 0 Å². The molecule has 2 atom stereocenters. The SMILES string of the molecule is CCC(CC)N1C(=O)CC(NC2CCN(C3CC3)C2)C1=O. The summed E-state index contributed by atoms with van der Waals surface area (Å²) in [6.07, 6.45) is 5.79. The van der Waals surface area contributed by atoms with Gasteiger partial charge in [-0.05, 0) is 32.1 Å². The fourth-order valence-corrected chi connectivity index (χ4v) is 3.80. The van der Waals surface area contributed by atoms with E-state index in [0.29, 0.717) is 12.5 Å². The summed E-state index contributed by atoms with van der Waals surface area (Å²) in [5.41, 5.74) is 0. The molecule has 2 amide bonds. The van der Waals surface area contributed by atoms with Gasteiger partial charge in [-0.25, -0.2) is 0 Å².